The molecule has 0 amide bonds. The highest BCUT2D eigenvalue weighted by atomic mass is 14.9. The molecule has 1 radical (unpaired) electrons. The van der Waals surface area contributed by atoms with Crippen molar-refractivity contribution < 1.29 is 0 Å². The lowest BCUT2D eigenvalue weighted by Crippen LogP contribution is -2.18. The summed E-state index contributed by atoms with van der Waals surface area (Å²) in [5.74, 6) is 0.560. The Morgan fingerprint density at radius 3 is 2.46 bits per heavy atom. The van der Waals surface area contributed by atoms with Gasteiger partial charge in [0.2, 0.25) is 0 Å². The molecule has 1 aromatic rings. The fraction of sp³-hybridized carbons (Fsp3) is 0.250. The fourth-order valence-electron chi connectivity index (χ4n) is 1.48. The maximum Gasteiger partial charge on any atom is 0.0760 e. The van der Waals surface area contributed by atoms with Gasteiger partial charge in [0.15, 0.2) is 0 Å². The van der Waals surface area contributed by atoms with Crippen molar-refractivity contribution in [3.05, 3.63) is 47.6 Å². The third kappa shape index (κ3) is 1.59. The number of hydrogen-bond donors (Lipinski definition) is 1. The Kier molecular flexibility index (Phi) is 2.09. The van der Waals surface area contributed by atoms with Crippen molar-refractivity contribution in [3.63, 3.8) is 0 Å². The van der Waals surface area contributed by atoms with Crippen LogP contribution in [-0.4, -0.2) is 0 Å². The van der Waals surface area contributed by atoms with Crippen LogP contribution in [0.25, 0.3) is 6.08 Å². The Morgan fingerprint density at radius 2 is 1.77 bits per heavy atom. The maximum atomic E-state index is 3.31. The van der Waals surface area contributed by atoms with E-state index in [2.05, 4.69) is 56.1 Å². The van der Waals surface area contributed by atoms with Crippen molar-refractivity contribution in [1.29, 1.82) is 0 Å². The molecule has 0 spiro atoms. The molecule has 1 aliphatic heterocycles. The van der Waals surface area contributed by atoms with Gasteiger partial charge in [-0.2, -0.15) is 0 Å². The number of benzene rings is 1. The molecule has 1 heterocycles. The van der Waals surface area contributed by atoms with Gasteiger partial charge in [0, 0.05) is 5.70 Å². The van der Waals surface area contributed by atoms with Crippen LogP contribution in [0.1, 0.15) is 25.0 Å². The smallest absolute Gasteiger partial charge is 0.0760 e. The van der Waals surface area contributed by atoms with E-state index in [0.717, 1.165) is 0 Å². The molecule has 67 valence electrons. The van der Waals surface area contributed by atoms with E-state index < -0.39 is 0 Å². The molecule has 1 aromatic carbocycles. The van der Waals surface area contributed by atoms with E-state index in [-0.39, 0.29) is 0 Å². The van der Waals surface area contributed by atoms with Crippen molar-refractivity contribution in [2.24, 2.45) is 5.92 Å². The molecule has 0 unspecified atom stereocenters. The minimum atomic E-state index is 0.560. The molecular weight excluding hydrogens is 158 g/mol. The Labute approximate surface area is 79.5 Å². The van der Waals surface area contributed by atoms with Crippen molar-refractivity contribution >= 4 is 6.08 Å². The van der Waals surface area contributed by atoms with E-state index >= 15 is 0 Å². The topological polar surface area (TPSA) is 12.0 Å². The molecule has 1 N–H and O–H groups in total. The minimum Gasteiger partial charge on any atom is -0.379 e. The monoisotopic (exact) mass is 172 g/mol. The summed E-state index contributed by atoms with van der Waals surface area (Å²) < 4.78 is 0. The van der Waals surface area contributed by atoms with E-state index in [1.165, 1.54) is 16.8 Å². The van der Waals surface area contributed by atoms with Crippen molar-refractivity contribution in [3.8, 4) is 0 Å². The predicted octanol–water partition coefficient (Wildman–Crippen LogP) is 2.80. The normalized spacial score (nSPS) is 14.8. The van der Waals surface area contributed by atoms with Gasteiger partial charge in [-0.05, 0) is 23.1 Å². The molecular formula is C12H14N. The fourth-order valence-corrected chi connectivity index (χ4v) is 1.48. The number of allylic oxidation sites excluding steroid dienone is 1. The molecule has 0 aromatic heterocycles. The molecule has 2 rings (SSSR count). The summed E-state index contributed by atoms with van der Waals surface area (Å²) in [7, 11) is 0. The molecule has 1 aliphatic rings. The number of nitrogens with one attached hydrogen (secondary N) is 1. The summed E-state index contributed by atoms with van der Waals surface area (Å²) in [4.78, 5) is 0. The lowest BCUT2D eigenvalue weighted by Gasteiger charge is -2.20. The molecule has 13 heavy (non-hydrogen) atoms. The Balaban J connectivity index is 2.38. The zero-order valence-corrected chi connectivity index (χ0v) is 8.04. The second-order valence-corrected chi connectivity index (χ2v) is 3.67. The van der Waals surface area contributed by atoms with Crippen LogP contribution < -0.4 is 5.32 Å². The first-order chi connectivity index (χ1) is 6.27. The van der Waals surface area contributed by atoms with Gasteiger partial charge in [-0.25, -0.2) is 0 Å². The molecule has 0 fully saturated rings. The third-order valence-corrected chi connectivity index (χ3v) is 2.32. The van der Waals surface area contributed by atoms with Crippen LogP contribution in [0, 0.1) is 12.5 Å². The lowest BCUT2D eigenvalue weighted by atomic mass is 9.99. The minimum absolute atomic E-state index is 0.560. The zero-order chi connectivity index (χ0) is 9.26. The Hall–Kier alpha value is -1.24. The van der Waals surface area contributed by atoms with Crippen LogP contribution in [0.2, 0.25) is 0 Å². The van der Waals surface area contributed by atoms with Crippen LogP contribution in [0.15, 0.2) is 30.0 Å². The molecule has 0 atom stereocenters. The van der Waals surface area contributed by atoms with Crippen molar-refractivity contribution in [2.45, 2.75) is 13.8 Å². The van der Waals surface area contributed by atoms with Crippen LogP contribution in [0.4, 0.5) is 0 Å². The quantitative estimate of drug-likeness (QED) is 0.686. The maximum absolute atomic E-state index is 3.31. The Bertz CT molecular complexity index is 337. The second kappa shape index (κ2) is 3.25. The van der Waals surface area contributed by atoms with E-state index in [9.17, 15) is 0 Å². The highest BCUT2D eigenvalue weighted by Crippen LogP contribution is 2.21. The first kappa shape index (κ1) is 8.36. The summed E-state index contributed by atoms with van der Waals surface area (Å²) in [5, 5.41) is 3.31. The SMILES string of the molecule is CC(C)C1=Cc2ccccc2[CH]N1. The van der Waals surface area contributed by atoms with E-state index in [0.29, 0.717) is 5.92 Å². The molecule has 0 bridgehead atoms. The first-order valence-corrected chi connectivity index (χ1v) is 4.68. The summed E-state index contributed by atoms with van der Waals surface area (Å²) in [6.45, 7) is 6.46. The van der Waals surface area contributed by atoms with Crippen LogP contribution in [-0.2, 0) is 0 Å². The molecule has 0 saturated carbocycles. The van der Waals surface area contributed by atoms with E-state index in [1.54, 1.807) is 0 Å². The van der Waals surface area contributed by atoms with E-state index in [4.69, 9.17) is 0 Å². The zero-order valence-electron chi connectivity index (χ0n) is 8.04. The molecule has 1 heteroatoms. The van der Waals surface area contributed by atoms with Gasteiger partial charge in [-0.1, -0.05) is 38.1 Å². The summed E-state index contributed by atoms with van der Waals surface area (Å²) in [6, 6.07) is 8.41. The van der Waals surface area contributed by atoms with E-state index in [1.807, 2.05) is 0 Å². The van der Waals surface area contributed by atoms with Gasteiger partial charge in [-0.3, -0.25) is 0 Å². The van der Waals surface area contributed by atoms with Crippen LogP contribution in [0.3, 0.4) is 0 Å². The van der Waals surface area contributed by atoms with Gasteiger partial charge in [0.25, 0.3) is 0 Å². The van der Waals surface area contributed by atoms with Crippen molar-refractivity contribution in [1.82, 2.24) is 5.32 Å². The average Bonchev–Trinajstić information content (AvgIpc) is 2.17. The second-order valence-electron chi connectivity index (χ2n) is 3.67. The number of rotatable bonds is 1. The van der Waals surface area contributed by atoms with Crippen molar-refractivity contribution in [2.75, 3.05) is 0 Å². The van der Waals surface area contributed by atoms with Gasteiger partial charge < -0.3 is 5.32 Å². The summed E-state index contributed by atoms with van der Waals surface area (Å²) in [6.07, 6.45) is 2.22. The van der Waals surface area contributed by atoms with Crippen LogP contribution in [0.5, 0.6) is 0 Å². The standard InChI is InChI=1S/C12H14N/c1-9(2)12-7-10-5-3-4-6-11(10)8-13-12/h3-9,13H,1-2H3. The van der Waals surface area contributed by atoms with Crippen LogP contribution >= 0.6 is 0 Å². The Morgan fingerprint density at radius 1 is 1.08 bits per heavy atom. The number of hydrogen-bond acceptors (Lipinski definition) is 1. The predicted molar refractivity (Wildman–Crippen MR) is 55.8 cm³/mol. The highest BCUT2D eigenvalue weighted by Gasteiger charge is 2.10. The average molecular weight is 172 g/mol. The summed E-state index contributed by atoms with van der Waals surface area (Å²) in [5.41, 5.74) is 3.87. The molecule has 1 nitrogen and oxygen atoms in total. The highest BCUT2D eigenvalue weighted by molar-refractivity contribution is 5.61. The van der Waals surface area contributed by atoms with Gasteiger partial charge in [0.05, 0.1) is 6.54 Å². The van der Waals surface area contributed by atoms with Gasteiger partial charge in [0.1, 0.15) is 0 Å². The molecule has 0 saturated heterocycles. The van der Waals surface area contributed by atoms with Gasteiger partial charge in [-0.15, -0.1) is 0 Å². The lowest BCUT2D eigenvalue weighted by molar-refractivity contribution is 0.703. The first-order valence-electron chi connectivity index (χ1n) is 4.68. The van der Waals surface area contributed by atoms with Gasteiger partial charge >= 0.3 is 0 Å². The summed E-state index contributed by atoms with van der Waals surface area (Å²) >= 11 is 0. The third-order valence-electron chi connectivity index (χ3n) is 2.32. The largest absolute Gasteiger partial charge is 0.379 e. The number of fused-ring (bicyclic) bond motifs is 1. The molecule has 0 aliphatic carbocycles.